The highest BCUT2D eigenvalue weighted by atomic mass is 35.5. The van der Waals surface area contributed by atoms with Gasteiger partial charge in [0.05, 0.1) is 24.8 Å². The zero-order chi connectivity index (χ0) is 17.8. The van der Waals surface area contributed by atoms with E-state index in [1.54, 1.807) is 30.3 Å². The van der Waals surface area contributed by atoms with Crippen LogP contribution in [0.2, 0.25) is 5.02 Å². The Balaban J connectivity index is 1.71. The fourth-order valence-electron chi connectivity index (χ4n) is 2.44. The Hall–Kier alpha value is -2.60. The van der Waals surface area contributed by atoms with E-state index in [4.69, 9.17) is 35.3 Å². The predicted molar refractivity (Wildman–Crippen MR) is 91.1 cm³/mol. The molecule has 0 N–H and O–H groups in total. The smallest absolute Gasteiger partial charge is 0.338 e. The molecule has 1 aliphatic heterocycles. The zero-order valence-electron chi connectivity index (χ0n) is 13.8. The number of esters is 1. The van der Waals surface area contributed by atoms with Gasteiger partial charge in [-0.1, -0.05) is 11.6 Å². The van der Waals surface area contributed by atoms with Crippen molar-refractivity contribution >= 4 is 17.6 Å². The third-order valence-electron chi connectivity index (χ3n) is 3.65. The first-order valence-electron chi connectivity index (χ1n) is 7.59. The monoisotopic (exact) mass is 364 g/mol. The van der Waals surface area contributed by atoms with E-state index < -0.39 is 5.97 Å². The summed E-state index contributed by atoms with van der Waals surface area (Å²) in [4.78, 5) is 12.3. The fraction of sp³-hybridized carbons (Fsp3) is 0.278. The summed E-state index contributed by atoms with van der Waals surface area (Å²) in [5.74, 6) is 1.59. The number of methoxy groups -OCH3 is 2. The quantitative estimate of drug-likeness (QED) is 0.757. The molecular weight excluding hydrogens is 348 g/mol. The SMILES string of the molecule is COc1ccc(C(=O)OCc2cc(Cl)c3c(c2)OCCO3)cc1OC. The van der Waals surface area contributed by atoms with Crippen LogP contribution in [0.4, 0.5) is 0 Å². The summed E-state index contributed by atoms with van der Waals surface area (Å²) in [6.07, 6.45) is 0. The molecule has 6 nitrogen and oxygen atoms in total. The molecule has 132 valence electrons. The Bertz CT molecular complexity index is 789. The van der Waals surface area contributed by atoms with Gasteiger partial charge in [0.2, 0.25) is 0 Å². The van der Waals surface area contributed by atoms with E-state index in [2.05, 4.69) is 0 Å². The largest absolute Gasteiger partial charge is 0.493 e. The van der Waals surface area contributed by atoms with Crippen LogP contribution in [0.25, 0.3) is 0 Å². The average molecular weight is 365 g/mol. The van der Waals surface area contributed by atoms with Gasteiger partial charge in [0.1, 0.15) is 19.8 Å². The highest BCUT2D eigenvalue weighted by molar-refractivity contribution is 6.32. The first-order chi connectivity index (χ1) is 12.1. The van der Waals surface area contributed by atoms with Crippen LogP contribution in [-0.4, -0.2) is 33.4 Å². The van der Waals surface area contributed by atoms with Gasteiger partial charge in [-0.3, -0.25) is 0 Å². The van der Waals surface area contributed by atoms with E-state index in [0.29, 0.717) is 52.4 Å². The molecule has 1 aliphatic rings. The lowest BCUT2D eigenvalue weighted by Crippen LogP contribution is -2.16. The van der Waals surface area contributed by atoms with Crippen molar-refractivity contribution < 1.29 is 28.5 Å². The van der Waals surface area contributed by atoms with Crippen molar-refractivity contribution in [3.05, 3.63) is 46.5 Å². The van der Waals surface area contributed by atoms with Gasteiger partial charge in [0.25, 0.3) is 0 Å². The molecule has 7 heteroatoms. The summed E-state index contributed by atoms with van der Waals surface area (Å²) in [7, 11) is 3.03. The van der Waals surface area contributed by atoms with E-state index in [1.165, 1.54) is 14.2 Å². The highest BCUT2D eigenvalue weighted by Crippen LogP contribution is 2.38. The van der Waals surface area contributed by atoms with Crippen LogP contribution >= 0.6 is 11.6 Å². The molecule has 0 fully saturated rings. The Morgan fingerprint density at radius 3 is 2.60 bits per heavy atom. The zero-order valence-corrected chi connectivity index (χ0v) is 14.6. The minimum absolute atomic E-state index is 0.0591. The van der Waals surface area contributed by atoms with E-state index in [9.17, 15) is 4.79 Å². The molecule has 0 spiro atoms. The molecule has 25 heavy (non-hydrogen) atoms. The van der Waals surface area contributed by atoms with Gasteiger partial charge < -0.3 is 23.7 Å². The van der Waals surface area contributed by atoms with E-state index in [-0.39, 0.29) is 6.61 Å². The average Bonchev–Trinajstić information content (AvgIpc) is 2.65. The summed E-state index contributed by atoms with van der Waals surface area (Å²) < 4.78 is 26.7. The second kappa shape index (κ2) is 7.53. The minimum atomic E-state index is -0.480. The predicted octanol–water partition coefficient (Wildman–Crippen LogP) is 3.49. The van der Waals surface area contributed by atoms with Gasteiger partial charge in [-0.25, -0.2) is 4.79 Å². The van der Waals surface area contributed by atoms with Crippen molar-refractivity contribution in [3.63, 3.8) is 0 Å². The minimum Gasteiger partial charge on any atom is -0.493 e. The van der Waals surface area contributed by atoms with Crippen LogP contribution in [0, 0.1) is 0 Å². The van der Waals surface area contributed by atoms with E-state index in [0.717, 1.165) is 0 Å². The molecule has 0 atom stereocenters. The highest BCUT2D eigenvalue weighted by Gasteiger charge is 2.18. The van der Waals surface area contributed by atoms with Crippen LogP contribution in [0.3, 0.4) is 0 Å². The van der Waals surface area contributed by atoms with Gasteiger partial charge >= 0.3 is 5.97 Å². The molecule has 3 rings (SSSR count). The summed E-state index contributed by atoms with van der Waals surface area (Å²) in [6.45, 7) is 0.974. The number of halogens is 1. The number of benzene rings is 2. The van der Waals surface area contributed by atoms with Crippen LogP contribution < -0.4 is 18.9 Å². The number of ether oxygens (including phenoxy) is 5. The summed E-state index contributed by atoms with van der Waals surface area (Å²) in [5.41, 5.74) is 1.07. The van der Waals surface area contributed by atoms with Crippen molar-refractivity contribution in [3.8, 4) is 23.0 Å². The maximum atomic E-state index is 12.3. The molecule has 0 aliphatic carbocycles. The number of hydrogen-bond acceptors (Lipinski definition) is 6. The molecule has 0 radical (unpaired) electrons. The van der Waals surface area contributed by atoms with Gasteiger partial charge in [-0.15, -0.1) is 0 Å². The Morgan fingerprint density at radius 1 is 1.08 bits per heavy atom. The molecule has 1 heterocycles. The van der Waals surface area contributed by atoms with Crippen molar-refractivity contribution in [1.29, 1.82) is 0 Å². The van der Waals surface area contributed by atoms with Crippen LogP contribution in [0.1, 0.15) is 15.9 Å². The van der Waals surface area contributed by atoms with Gasteiger partial charge in [-0.2, -0.15) is 0 Å². The maximum absolute atomic E-state index is 12.3. The Morgan fingerprint density at radius 2 is 1.84 bits per heavy atom. The normalized spacial score (nSPS) is 12.4. The second-order valence-electron chi connectivity index (χ2n) is 5.25. The molecule has 2 aromatic rings. The summed E-state index contributed by atoms with van der Waals surface area (Å²) >= 11 is 6.18. The van der Waals surface area contributed by atoms with E-state index >= 15 is 0 Å². The fourth-order valence-corrected chi connectivity index (χ4v) is 2.73. The standard InChI is InChI=1S/C18H17ClO6/c1-21-14-4-3-12(9-15(14)22-2)18(20)25-10-11-7-13(19)17-16(8-11)23-5-6-24-17/h3-4,7-9H,5-6,10H2,1-2H3. The number of carbonyl (C=O) groups excluding carboxylic acids is 1. The van der Waals surface area contributed by atoms with E-state index in [1.807, 2.05) is 0 Å². The third-order valence-corrected chi connectivity index (χ3v) is 3.93. The molecule has 0 bridgehead atoms. The number of hydrogen-bond donors (Lipinski definition) is 0. The second-order valence-corrected chi connectivity index (χ2v) is 5.65. The van der Waals surface area contributed by atoms with Crippen LogP contribution in [-0.2, 0) is 11.3 Å². The van der Waals surface area contributed by atoms with Crippen molar-refractivity contribution in [1.82, 2.24) is 0 Å². The summed E-state index contributed by atoms with van der Waals surface area (Å²) in [6, 6.07) is 8.27. The van der Waals surface area contributed by atoms with Gasteiger partial charge in [0, 0.05) is 0 Å². The Kier molecular flexibility index (Phi) is 5.19. The lowest BCUT2D eigenvalue weighted by Gasteiger charge is -2.20. The lowest BCUT2D eigenvalue weighted by atomic mass is 10.2. The first kappa shape index (κ1) is 17.2. The molecule has 0 amide bonds. The third kappa shape index (κ3) is 3.74. The van der Waals surface area contributed by atoms with Gasteiger partial charge in [-0.05, 0) is 35.9 Å². The first-order valence-corrected chi connectivity index (χ1v) is 7.97. The number of carbonyl (C=O) groups is 1. The van der Waals surface area contributed by atoms with Crippen molar-refractivity contribution in [2.45, 2.75) is 6.61 Å². The number of fused-ring (bicyclic) bond motifs is 1. The molecule has 0 aromatic heterocycles. The molecule has 0 unspecified atom stereocenters. The molecule has 0 saturated heterocycles. The number of rotatable bonds is 5. The topological polar surface area (TPSA) is 63.2 Å². The molecule has 2 aromatic carbocycles. The molecule has 0 saturated carbocycles. The summed E-state index contributed by atoms with van der Waals surface area (Å²) in [5, 5.41) is 0.425. The molecular formula is C18H17ClO6. The van der Waals surface area contributed by atoms with Gasteiger partial charge in [0.15, 0.2) is 23.0 Å². The van der Waals surface area contributed by atoms with Crippen molar-refractivity contribution in [2.75, 3.05) is 27.4 Å². The van der Waals surface area contributed by atoms with Crippen LogP contribution in [0.5, 0.6) is 23.0 Å². The Labute approximate surface area is 150 Å². The van der Waals surface area contributed by atoms with Crippen molar-refractivity contribution in [2.24, 2.45) is 0 Å². The maximum Gasteiger partial charge on any atom is 0.338 e. The van der Waals surface area contributed by atoms with Crippen LogP contribution in [0.15, 0.2) is 30.3 Å². The lowest BCUT2D eigenvalue weighted by molar-refractivity contribution is 0.0471.